The van der Waals surface area contributed by atoms with Crippen LogP contribution in [0, 0.1) is 0 Å². The third-order valence-corrected chi connectivity index (χ3v) is 5.87. The second-order valence-electron chi connectivity index (χ2n) is 7.97. The van der Waals surface area contributed by atoms with Crippen LogP contribution in [0.1, 0.15) is 31.2 Å². The average molecular weight is 369 g/mol. The summed E-state index contributed by atoms with van der Waals surface area (Å²) in [5, 5.41) is 2.64. The molecular formula is C19H26F3N3O. The molecule has 1 heterocycles. The van der Waals surface area contributed by atoms with Crippen LogP contribution in [0.25, 0.3) is 0 Å². The third-order valence-electron chi connectivity index (χ3n) is 5.87. The summed E-state index contributed by atoms with van der Waals surface area (Å²) < 4.78 is 38.9. The molecule has 3 rings (SSSR count). The third kappa shape index (κ3) is 3.68. The van der Waals surface area contributed by atoms with Gasteiger partial charge in [-0.1, -0.05) is 30.3 Å². The smallest absolute Gasteiger partial charge is 0.336 e. The molecule has 0 radical (unpaired) electrons. The summed E-state index contributed by atoms with van der Waals surface area (Å²) in [6.45, 7) is -0.0344. The summed E-state index contributed by atoms with van der Waals surface area (Å²) in [6, 6.07) is 9.60. The Kier molecular flexibility index (Phi) is 4.94. The number of benzene rings is 1. The molecule has 1 aromatic carbocycles. The molecule has 0 atom stereocenters. The van der Waals surface area contributed by atoms with Gasteiger partial charge in [-0.25, -0.2) is 4.79 Å². The molecular weight excluding hydrogens is 343 g/mol. The second-order valence-corrected chi connectivity index (χ2v) is 7.97. The molecule has 1 N–H and O–H groups in total. The van der Waals surface area contributed by atoms with Crippen molar-refractivity contribution in [2.75, 3.05) is 33.7 Å². The van der Waals surface area contributed by atoms with Crippen LogP contribution in [0.15, 0.2) is 30.3 Å². The molecule has 1 aliphatic heterocycles. The molecule has 26 heavy (non-hydrogen) atoms. The first-order valence-corrected chi connectivity index (χ1v) is 8.98. The molecule has 1 aliphatic carbocycles. The highest BCUT2D eigenvalue weighted by Gasteiger charge is 2.53. The van der Waals surface area contributed by atoms with E-state index in [2.05, 4.69) is 22.3 Å². The maximum Gasteiger partial charge on any atom is 0.406 e. The van der Waals surface area contributed by atoms with Crippen molar-refractivity contribution in [1.29, 1.82) is 0 Å². The van der Waals surface area contributed by atoms with Crippen molar-refractivity contribution in [3.8, 4) is 0 Å². The SMILES string of the molecule is CN(C)CC1(c2ccccc2)CCC2(CC1)CNC(=O)N2CC(F)(F)F. The van der Waals surface area contributed by atoms with Crippen LogP contribution in [0.2, 0.25) is 0 Å². The first-order chi connectivity index (χ1) is 12.2. The van der Waals surface area contributed by atoms with E-state index in [1.54, 1.807) is 0 Å². The van der Waals surface area contributed by atoms with Crippen molar-refractivity contribution < 1.29 is 18.0 Å². The maximum atomic E-state index is 13.0. The Bertz CT molecular complexity index is 637. The lowest BCUT2D eigenvalue weighted by atomic mass is 9.63. The van der Waals surface area contributed by atoms with Crippen molar-refractivity contribution in [3.05, 3.63) is 35.9 Å². The number of likely N-dealkylation sites (N-methyl/N-ethyl adjacent to an activating group) is 1. The Hall–Kier alpha value is -1.76. The maximum absolute atomic E-state index is 13.0. The normalized spacial score (nSPS) is 29.5. The summed E-state index contributed by atoms with van der Waals surface area (Å²) in [4.78, 5) is 15.2. The lowest BCUT2D eigenvalue weighted by Crippen LogP contribution is -2.56. The molecule has 1 saturated heterocycles. The van der Waals surface area contributed by atoms with E-state index in [9.17, 15) is 18.0 Å². The quantitative estimate of drug-likeness (QED) is 0.883. The number of hydrogen-bond acceptors (Lipinski definition) is 2. The predicted molar refractivity (Wildman–Crippen MR) is 94.0 cm³/mol. The number of carbonyl (C=O) groups excluding carboxylic acids is 1. The van der Waals surface area contributed by atoms with Gasteiger partial charge in [0.05, 0.1) is 5.54 Å². The van der Waals surface area contributed by atoms with Gasteiger partial charge < -0.3 is 15.1 Å². The van der Waals surface area contributed by atoms with Gasteiger partial charge in [0, 0.05) is 18.5 Å². The van der Waals surface area contributed by atoms with E-state index < -0.39 is 24.3 Å². The molecule has 1 aromatic rings. The first kappa shape index (κ1) is 19.0. The van der Waals surface area contributed by atoms with E-state index >= 15 is 0 Å². The fourth-order valence-electron chi connectivity index (χ4n) is 4.64. The zero-order valence-electron chi connectivity index (χ0n) is 15.3. The molecule has 0 aromatic heterocycles. The molecule has 0 bridgehead atoms. The fraction of sp³-hybridized carbons (Fsp3) is 0.632. The summed E-state index contributed by atoms with van der Waals surface area (Å²) in [7, 11) is 4.04. The Labute approximate surface area is 152 Å². The summed E-state index contributed by atoms with van der Waals surface area (Å²) >= 11 is 0. The van der Waals surface area contributed by atoms with Crippen molar-refractivity contribution in [2.24, 2.45) is 0 Å². The van der Waals surface area contributed by atoms with Crippen LogP contribution in [0.5, 0.6) is 0 Å². The molecule has 2 aliphatic rings. The van der Waals surface area contributed by atoms with Gasteiger partial charge in [0.1, 0.15) is 6.54 Å². The van der Waals surface area contributed by atoms with Crippen LogP contribution in [-0.2, 0) is 5.41 Å². The van der Waals surface area contributed by atoms with E-state index in [-0.39, 0.29) is 5.41 Å². The molecule has 1 saturated carbocycles. The molecule has 7 heteroatoms. The Morgan fingerprint density at radius 2 is 1.73 bits per heavy atom. The Balaban J connectivity index is 1.84. The highest BCUT2D eigenvalue weighted by atomic mass is 19.4. The van der Waals surface area contributed by atoms with Crippen LogP contribution in [0.4, 0.5) is 18.0 Å². The molecule has 2 fully saturated rings. The van der Waals surface area contributed by atoms with E-state index in [4.69, 9.17) is 0 Å². The average Bonchev–Trinajstić information content (AvgIpc) is 2.86. The van der Waals surface area contributed by atoms with Crippen molar-refractivity contribution >= 4 is 6.03 Å². The number of nitrogens with one attached hydrogen (secondary N) is 1. The van der Waals surface area contributed by atoms with E-state index in [0.29, 0.717) is 19.4 Å². The minimum atomic E-state index is -4.38. The van der Waals surface area contributed by atoms with Crippen molar-refractivity contribution in [2.45, 2.75) is 42.8 Å². The standard InChI is InChI=1S/C19H26F3N3O/c1-24(2)13-17(15-6-4-3-5-7-15)8-10-18(11-9-17)12-23-16(26)25(18)14-19(20,21)22/h3-7H,8-14H2,1-2H3,(H,23,26). The summed E-state index contributed by atoms with van der Waals surface area (Å²) in [5.41, 5.74) is 0.408. The van der Waals surface area contributed by atoms with Crippen LogP contribution in [0.3, 0.4) is 0 Å². The highest BCUT2D eigenvalue weighted by Crippen LogP contribution is 2.47. The zero-order valence-corrected chi connectivity index (χ0v) is 15.3. The van der Waals surface area contributed by atoms with Crippen LogP contribution < -0.4 is 5.32 Å². The minimum absolute atomic E-state index is 0.0917. The number of halogens is 3. The first-order valence-electron chi connectivity index (χ1n) is 8.98. The van der Waals surface area contributed by atoms with Gasteiger partial charge in [-0.2, -0.15) is 13.2 Å². The molecule has 1 spiro atoms. The van der Waals surface area contributed by atoms with Gasteiger partial charge in [0.2, 0.25) is 0 Å². The van der Waals surface area contributed by atoms with Gasteiger partial charge in [0.25, 0.3) is 0 Å². The number of urea groups is 1. The molecule has 4 nitrogen and oxygen atoms in total. The number of alkyl halides is 3. The lowest BCUT2D eigenvalue weighted by molar-refractivity contribution is -0.149. The fourth-order valence-corrected chi connectivity index (χ4v) is 4.64. The van der Waals surface area contributed by atoms with Crippen LogP contribution >= 0.6 is 0 Å². The van der Waals surface area contributed by atoms with Crippen molar-refractivity contribution in [1.82, 2.24) is 15.1 Å². The van der Waals surface area contributed by atoms with E-state index in [1.807, 2.05) is 32.3 Å². The zero-order chi connectivity index (χ0) is 19.0. The number of nitrogens with zero attached hydrogens (tertiary/aromatic N) is 2. The monoisotopic (exact) mass is 369 g/mol. The van der Waals surface area contributed by atoms with Gasteiger partial charge in [-0.15, -0.1) is 0 Å². The second kappa shape index (κ2) is 6.76. The summed E-state index contributed by atoms with van der Waals surface area (Å²) in [5.74, 6) is 0. The number of rotatable bonds is 4. The van der Waals surface area contributed by atoms with Gasteiger partial charge in [-0.05, 0) is 45.3 Å². The highest BCUT2D eigenvalue weighted by molar-refractivity contribution is 5.78. The Morgan fingerprint density at radius 3 is 2.27 bits per heavy atom. The van der Waals surface area contributed by atoms with Gasteiger partial charge in [-0.3, -0.25) is 0 Å². The van der Waals surface area contributed by atoms with E-state index in [1.165, 1.54) is 5.56 Å². The van der Waals surface area contributed by atoms with Crippen molar-refractivity contribution in [3.63, 3.8) is 0 Å². The molecule has 144 valence electrons. The summed E-state index contributed by atoms with van der Waals surface area (Å²) in [6.07, 6.45) is -1.71. The predicted octanol–water partition coefficient (Wildman–Crippen LogP) is 3.39. The Morgan fingerprint density at radius 1 is 1.12 bits per heavy atom. The molecule has 2 amide bonds. The minimum Gasteiger partial charge on any atom is -0.336 e. The number of hydrogen-bond donors (Lipinski definition) is 1. The number of amides is 2. The van der Waals surface area contributed by atoms with Crippen LogP contribution in [-0.4, -0.2) is 61.3 Å². The van der Waals surface area contributed by atoms with Gasteiger partial charge >= 0.3 is 12.2 Å². The number of carbonyl (C=O) groups is 1. The lowest BCUT2D eigenvalue weighted by Gasteiger charge is -2.49. The van der Waals surface area contributed by atoms with E-state index in [0.717, 1.165) is 24.3 Å². The molecule has 0 unspecified atom stereocenters. The topological polar surface area (TPSA) is 35.6 Å². The van der Waals surface area contributed by atoms with Gasteiger partial charge in [0.15, 0.2) is 0 Å². The largest absolute Gasteiger partial charge is 0.406 e.